The van der Waals surface area contributed by atoms with Gasteiger partial charge in [0.25, 0.3) is 0 Å². The zero-order valence-corrected chi connectivity index (χ0v) is 23.4. The van der Waals surface area contributed by atoms with E-state index in [9.17, 15) is 14.7 Å². The number of hydrogen-bond acceptors (Lipinski definition) is 9. The third-order valence-corrected chi connectivity index (χ3v) is 6.76. The number of hydrogen-bond donors (Lipinski definition) is 1. The Bertz CT molecular complexity index is 1250. The summed E-state index contributed by atoms with van der Waals surface area (Å²) in [5.41, 5.74) is 0.995. The number of methoxy groups -OCH3 is 1. The molecule has 1 fully saturated rings. The lowest BCUT2D eigenvalue weighted by Crippen LogP contribution is -2.37. The summed E-state index contributed by atoms with van der Waals surface area (Å²) in [4.78, 5) is 26.4. The number of benzene rings is 2. The first-order valence-corrected chi connectivity index (χ1v) is 13.2. The second kappa shape index (κ2) is 12.7. The van der Waals surface area contributed by atoms with Gasteiger partial charge in [-0.05, 0) is 57.0 Å². The highest BCUT2D eigenvalue weighted by atomic mass is 16.8. The molecule has 0 bridgehead atoms. The number of ether oxygens (including phenoxy) is 6. The lowest BCUT2D eigenvalue weighted by molar-refractivity contribution is -0.152. The molecule has 4 unspecified atom stereocenters. The highest BCUT2D eigenvalue weighted by Crippen LogP contribution is 2.35. The van der Waals surface area contributed by atoms with Gasteiger partial charge in [0.1, 0.15) is 35.4 Å². The third-order valence-electron chi connectivity index (χ3n) is 6.76. The number of aromatic hydroxyl groups is 1. The average molecular weight is 553 g/mol. The molecule has 2 aliphatic heterocycles. The molecule has 9 heteroatoms. The van der Waals surface area contributed by atoms with Crippen molar-refractivity contribution in [3.05, 3.63) is 77.4 Å². The van der Waals surface area contributed by atoms with Crippen LogP contribution in [0.4, 0.5) is 0 Å². The smallest absolute Gasteiger partial charge is 0.342 e. The van der Waals surface area contributed by atoms with Crippen molar-refractivity contribution >= 4 is 18.0 Å². The standard InChI is InChI=1S/C31H36O9/c1-19-14-15-24(38-29(33)21-10-7-6-8-11-21)28-25(39-31(3,4)40-28)13-9-12-22-16-23(32)17-26(36-18-35-5)27(22)30(34)37-20(19)2/h6-12,14-17,19-20,24-25,28,32H,13,18H2,1-5H3/b12-9+,15-14-/t19-,20?,24?,25?,28?/m1/s1. The lowest BCUT2D eigenvalue weighted by atomic mass is 9.98. The van der Waals surface area contributed by atoms with E-state index in [1.165, 1.54) is 19.2 Å². The van der Waals surface area contributed by atoms with Crippen molar-refractivity contribution < 1.29 is 43.1 Å². The number of phenolic OH excluding ortho intramolecular Hbond substituents is 1. The molecule has 4 rings (SSSR count). The van der Waals surface area contributed by atoms with Crippen molar-refractivity contribution in [3.63, 3.8) is 0 Å². The van der Waals surface area contributed by atoms with Crippen molar-refractivity contribution in [2.24, 2.45) is 5.92 Å². The lowest BCUT2D eigenvalue weighted by Gasteiger charge is -2.25. The van der Waals surface area contributed by atoms with Crippen LogP contribution in [-0.2, 0) is 23.7 Å². The molecule has 40 heavy (non-hydrogen) atoms. The number of rotatable bonds is 5. The minimum absolute atomic E-state index is 0.0832. The van der Waals surface area contributed by atoms with E-state index in [0.29, 0.717) is 17.5 Å². The minimum atomic E-state index is -0.919. The van der Waals surface area contributed by atoms with Crippen LogP contribution in [0, 0.1) is 5.92 Å². The van der Waals surface area contributed by atoms with Gasteiger partial charge in [0.2, 0.25) is 0 Å². The first-order valence-electron chi connectivity index (χ1n) is 13.2. The number of carbonyl (C=O) groups excluding carboxylic acids is 2. The maximum absolute atomic E-state index is 13.4. The van der Waals surface area contributed by atoms with Crippen molar-refractivity contribution in [1.29, 1.82) is 0 Å². The molecule has 2 aromatic carbocycles. The Labute approximate surface area is 234 Å². The molecule has 2 aromatic rings. The molecule has 0 amide bonds. The van der Waals surface area contributed by atoms with E-state index in [4.69, 9.17) is 28.4 Å². The zero-order valence-electron chi connectivity index (χ0n) is 23.4. The number of esters is 2. The van der Waals surface area contributed by atoms with Gasteiger partial charge in [0.05, 0.1) is 11.7 Å². The number of fused-ring (bicyclic) bond motifs is 2. The fraction of sp³-hybridized carbons (Fsp3) is 0.419. The molecular formula is C31H36O9. The van der Waals surface area contributed by atoms with Crippen LogP contribution in [0.3, 0.4) is 0 Å². The quantitative estimate of drug-likeness (QED) is 0.301. The molecule has 0 saturated carbocycles. The minimum Gasteiger partial charge on any atom is -0.508 e. The predicted molar refractivity (Wildman–Crippen MR) is 147 cm³/mol. The van der Waals surface area contributed by atoms with Gasteiger partial charge in [-0.1, -0.05) is 43.4 Å². The van der Waals surface area contributed by atoms with E-state index < -0.39 is 42.1 Å². The maximum Gasteiger partial charge on any atom is 0.342 e. The summed E-state index contributed by atoms with van der Waals surface area (Å²) in [6.45, 7) is 7.16. The van der Waals surface area contributed by atoms with Gasteiger partial charge in [0, 0.05) is 19.1 Å². The van der Waals surface area contributed by atoms with Crippen molar-refractivity contribution in [2.75, 3.05) is 13.9 Å². The van der Waals surface area contributed by atoms with Crippen LogP contribution >= 0.6 is 0 Å². The fourth-order valence-corrected chi connectivity index (χ4v) is 4.62. The number of carbonyl (C=O) groups is 2. The van der Waals surface area contributed by atoms with Gasteiger partial charge in [-0.3, -0.25) is 0 Å². The van der Waals surface area contributed by atoms with Gasteiger partial charge in [-0.15, -0.1) is 0 Å². The van der Waals surface area contributed by atoms with E-state index in [1.54, 1.807) is 43.3 Å². The van der Waals surface area contributed by atoms with E-state index in [-0.39, 0.29) is 29.8 Å². The summed E-state index contributed by atoms with van der Waals surface area (Å²) in [7, 11) is 1.46. The van der Waals surface area contributed by atoms with Crippen LogP contribution in [0.15, 0.2) is 60.7 Å². The van der Waals surface area contributed by atoms with E-state index in [2.05, 4.69) is 0 Å². The van der Waals surface area contributed by atoms with Crippen molar-refractivity contribution in [3.8, 4) is 11.5 Å². The summed E-state index contributed by atoms with van der Waals surface area (Å²) in [5.74, 6) is -2.21. The normalized spacial score (nSPS) is 27.8. The van der Waals surface area contributed by atoms with Gasteiger partial charge >= 0.3 is 11.9 Å². The molecule has 1 N–H and O–H groups in total. The zero-order chi connectivity index (χ0) is 28.9. The summed E-state index contributed by atoms with van der Waals surface area (Å²) >= 11 is 0. The highest BCUT2D eigenvalue weighted by Gasteiger charge is 2.45. The molecule has 0 radical (unpaired) electrons. The van der Waals surface area contributed by atoms with Gasteiger partial charge < -0.3 is 33.5 Å². The number of cyclic esters (lactones) is 1. The Kier molecular flexibility index (Phi) is 9.29. The summed E-state index contributed by atoms with van der Waals surface area (Å²) in [6, 6.07) is 11.6. The largest absolute Gasteiger partial charge is 0.508 e. The molecular weight excluding hydrogens is 516 g/mol. The Morgan fingerprint density at radius 3 is 2.58 bits per heavy atom. The predicted octanol–water partition coefficient (Wildman–Crippen LogP) is 5.28. The van der Waals surface area contributed by atoms with Crippen molar-refractivity contribution in [2.45, 2.75) is 64.3 Å². The Balaban J connectivity index is 1.73. The van der Waals surface area contributed by atoms with Crippen LogP contribution in [0.5, 0.6) is 11.5 Å². The molecule has 0 aliphatic carbocycles. The molecule has 214 valence electrons. The van der Waals surface area contributed by atoms with Gasteiger partial charge in [-0.25, -0.2) is 9.59 Å². The van der Waals surface area contributed by atoms with E-state index in [0.717, 1.165) is 0 Å². The van der Waals surface area contributed by atoms with Crippen LogP contribution in [0.25, 0.3) is 6.08 Å². The van der Waals surface area contributed by atoms with Gasteiger partial charge in [0.15, 0.2) is 12.6 Å². The molecule has 0 aromatic heterocycles. The monoisotopic (exact) mass is 552 g/mol. The summed E-state index contributed by atoms with van der Waals surface area (Å²) in [5, 5.41) is 10.3. The summed E-state index contributed by atoms with van der Waals surface area (Å²) in [6.07, 6.45) is 5.08. The topological polar surface area (TPSA) is 110 Å². The van der Waals surface area contributed by atoms with Crippen LogP contribution < -0.4 is 4.74 Å². The molecule has 9 nitrogen and oxygen atoms in total. The third kappa shape index (κ3) is 7.10. The summed E-state index contributed by atoms with van der Waals surface area (Å²) < 4.78 is 34.8. The second-order valence-electron chi connectivity index (χ2n) is 10.3. The molecule has 1 saturated heterocycles. The van der Waals surface area contributed by atoms with Gasteiger partial charge in [-0.2, -0.15) is 0 Å². The van der Waals surface area contributed by atoms with Crippen LogP contribution in [0.2, 0.25) is 0 Å². The second-order valence-corrected chi connectivity index (χ2v) is 10.3. The number of phenols is 1. The molecule has 2 heterocycles. The maximum atomic E-state index is 13.4. The molecule has 0 spiro atoms. The van der Waals surface area contributed by atoms with E-state index in [1.807, 2.05) is 39.0 Å². The average Bonchev–Trinajstić information content (AvgIpc) is 3.22. The first-order chi connectivity index (χ1) is 19.1. The molecule has 5 atom stereocenters. The highest BCUT2D eigenvalue weighted by molar-refractivity contribution is 5.97. The SMILES string of the molecule is COCOc1cc(O)cc2c1C(=O)OC(C)[C@H](C)/C=C\C(OC(=O)c1ccccc1)C1OC(C)(C)OC1C/C=C/2. The Morgan fingerprint density at radius 1 is 1.10 bits per heavy atom. The first kappa shape index (κ1) is 29.3. The fourth-order valence-electron chi connectivity index (χ4n) is 4.62. The van der Waals surface area contributed by atoms with Crippen LogP contribution in [0.1, 0.15) is 60.4 Å². The molecule has 2 aliphatic rings. The van der Waals surface area contributed by atoms with E-state index >= 15 is 0 Å². The Morgan fingerprint density at radius 2 is 1.85 bits per heavy atom. The van der Waals surface area contributed by atoms with Crippen molar-refractivity contribution in [1.82, 2.24) is 0 Å². The Hall–Kier alpha value is -3.66. The van der Waals surface area contributed by atoms with Crippen LogP contribution in [-0.4, -0.2) is 61.2 Å².